The quantitative estimate of drug-likeness (QED) is 0.582. The number of nitrogens with one attached hydrogen (secondary N) is 1. The van der Waals surface area contributed by atoms with Crippen LogP contribution in [0.2, 0.25) is 0 Å². The van der Waals surface area contributed by atoms with E-state index in [9.17, 15) is 0 Å². The first-order valence-corrected chi connectivity index (χ1v) is 5.48. The third-order valence-corrected chi connectivity index (χ3v) is 3.26. The van der Waals surface area contributed by atoms with Crippen LogP contribution < -0.4 is 0 Å². The highest BCUT2D eigenvalue weighted by Gasteiger charge is 2.14. The molecule has 0 unspecified atom stereocenters. The number of para-hydroxylation sites is 1. The Balaban J connectivity index is 2.32. The van der Waals surface area contributed by atoms with Crippen LogP contribution in [0.3, 0.4) is 0 Å². The maximum atomic E-state index is 4.50. The fourth-order valence-electron chi connectivity index (χ4n) is 2.51. The number of fused-ring (bicyclic) bond motifs is 5. The SMILES string of the molecule is C1=Nc2c(ccc3[nH]c4ccccc4c23)C1. The van der Waals surface area contributed by atoms with Crippen LogP contribution in [0.1, 0.15) is 5.56 Å². The fraction of sp³-hybridized carbons (Fsp3) is 0.0714. The number of nitrogens with zero attached hydrogens (tertiary/aromatic N) is 1. The molecule has 4 rings (SSSR count). The van der Waals surface area contributed by atoms with E-state index in [1.807, 2.05) is 6.21 Å². The number of aromatic nitrogens is 1. The van der Waals surface area contributed by atoms with Gasteiger partial charge in [0.25, 0.3) is 0 Å². The minimum atomic E-state index is 0.963. The number of hydrogen-bond acceptors (Lipinski definition) is 1. The molecule has 2 aromatic carbocycles. The van der Waals surface area contributed by atoms with Gasteiger partial charge in [-0.1, -0.05) is 24.3 Å². The number of rotatable bonds is 0. The van der Waals surface area contributed by atoms with E-state index in [0.717, 1.165) is 12.1 Å². The molecule has 0 aliphatic carbocycles. The molecule has 0 radical (unpaired) electrons. The summed E-state index contributed by atoms with van der Waals surface area (Å²) in [5.41, 5.74) is 4.85. The summed E-state index contributed by atoms with van der Waals surface area (Å²) in [4.78, 5) is 7.94. The van der Waals surface area contributed by atoms with Crippen molar-refractivity contribution in [3.8, 4) is 0 Å². The Labute approximate surface area is 92.6 Å². The standard InChI is InChI=1S/C14H10N2/c1-2-4-11-10(3-1)13-12(16-11)6-5-9-7-8-15-14(9)13/h1-6,8,16H,7H2. The molecule has 1 N–H and O–H groups in total. The van der Waals surface area contributed by atoms with E-state index in [2.05, 4.69) is 46.4 Å². The highest BCUT2D eigenvalue weighted by atomic mass is 14.8. The number of benzene rings is 2. The van der Waals surface area contributed by atoms with Crippen molar-refractivity contribution in [3.05, 3.63) is 42.0 Å². The molecule has 0 bridgehead atoms. The molecule has 0 atom stereocenters. The summed E-state index contributed by atoms with van der Waals surface area (Å²) in [6.07, 6.45) is 2.96. The zero-order chi connectivity index (χ0) is 10.5. The maximum Gasteiger partial charge on any atom is 0.0761 e. The highest BCUT2D eigenvalue weighted by molar-refractivity contribution is 6.14. The van der Waals surface area contributed by atoms with Crippen molar-refractivity contribution in [2.45, 2.75) is 6.42 Å². The molecular formula is C14H10N2. The van der Waals surface area contributed by atoms with E-state index in [1.54, 1.807) is 0 Å². The Morgan fingerprint density at radius 2 is 1.94 bits per heavy atom. The molecule has 1 aromatic heterocycles. The first-order chi connectivity index (χ1) is 7.93. The van der Waals surface area contributed by atoms with Gasteiger partial charge in [-0.15, -0.1) is 0 Å². The molecule has 0 saturated carbocycles. The third-order valence-electron chi connectivity index (χ3n) is 3.26. The van der Waals surface area contributed by atoms with Gasteiger partial charge in [0, 0.05) is 34.4 Å². The van der Waals surface area contributed by atoms with Crippen LogP contribution in [-0.4, -0.2) is 11.2 Å². The summed E-state index contributed by atoms with van der Waals surface area (Å²) in [5, 5.41) is 2.54. The van der Waals surface area contributed by atoms with Crippen LogP contribution in [0.5, 0.6) is 0 Å². The van der Waals surface area contributed by atoms with Crippen LogP contribution in [-0.2, 0) is 6.42 Å². The Hall–Kier alpha value is -2.09. The lowest BCUT2D eigenvalue weighted by Crippen LogP contribution is -1.78. The van der Waals surface area contributed by atoms with Gasteiger partial charge in [-0.2, -0.15) is 0 Å². The smallest absolute Gasteiger partial charge is 0.0761 e. The second-order valence-electron chi connectivity index (χ2n) is 4.18. The largest absolute Gasteiger partial charge is 0.354 e. The predicted octanol–water partition coefficient (Wildman–Crippen LogP) is 3.58. The molecule has 2 nitrogen and oxygen atoms in total. The second kappa shape index (κ2) is 2.73. The summed E-state index contributed by atoms with van der Waals surface area (Å²) in [6, 6.07) is 12.7. The monoisotopic (exact) mass is 206 g/mol. The van der Waals surface area contributed by atoms with Crippen LogP contribution in [0.15, 0.2) is 41.4 Å². The van der Waals surface area contributed by atoms with Gasteiger partial charge in [0.05, 0.1) is 5.69 Å². The summed E-state index contributed by atoms with van der Waals surface area (Å²) in [7, 11) is 0. The van der Waals surface area contributed by atoms with Crippen LogP contribution >= 0.6 is 0 Å². The lowest BCUT2D eigenvalue weighted by molar-refractivity contribution is 1.43. The van der Waals surface area contributed by atoms with Gasteiger partial charge in [0.15, 0.2) is 0 Å². The van der Waals surface area contributed by atoms with E-state index < -0.39 is 0 Å². The van der Waals surface area contributed by atoms with Crippen molar-refractivity contribution in [1.82, 2.24) is 4.98 Å². The first-order valence-electron chi connectivity index (χ1n) is 5.48. The second-order valence-corrected chi connectivity index (χ2v) is 4.18. The van der Waals surface area contributed by atoms with Gasteiger partial charge < -0.3 is 4.98 Å². The van der Waals surface area contributed by atoms with Gasteiger partial charge in [-0.25, -0.2) is 0 Å². The number of aliphatic imine (C=N–C) groups is 1. The molecule has 3 aromatic rings. The van der Waals surface area contributed by atoms with Gasteiger partial charge in [-0.3, -0.25) is 4.99 Å². The molecule has 0 saturated heterocycles. The van der Waals surface area contributed by atoms with Gasteiger partial charge in [0.1, 0.15) is 0 Å². The van der Waals surface area contributed by atoms with Crippen LogP contribution in [0.4, 0.5) is 5.69 Å². The Kier molecular flexibility index (Phi) is 1.38. The van der Waals surface area contributed by atoms with Crippen molar-refractivity contribution in [1.29, 1.82) is 0 Å². The number of hydrogen-bond donors (Lipinski definition) is 1. The van der Waals surface area contributed by atoms with E-state index in [0.29, 0.717) is 0 Å². The van der Waals surface area contributed by atoms with Gasteiger partial charge in [0.2, 0.25) is 0 Å². The van der Waals surface area contributed by atoms with E-state index >= 15 is 0 Å². The average molecular weight is 206 g/mol. The summed E-state index contributed by atoms with van der Waals surface area (Å²) >= 11 is 0. The minimum Gasteiger partial charge on any atom is -0.354 e. The number of aromatic amines is 1. The van der Waals surface area contributed by atoms with E-state index in [-0.39, 0.29) is 0 Å². The van der Waals surface area contributed by atoms with Gasteiger partial charge >= 0.3 is 0 Å². The lowest BCUT2D eigenvalue weighted by atomic mass is 10.1. The molecule has 0 amide bonds. The molecule has 16 heavy (non-hydrogen) atoms. The molecular weight excluding hydrogens is 196 g/mol. The maximum absolute atomic E-state index is 4.50. The topological polar surface area (TPSA) is 28.1 Å². The zero-order valence-corrected chi connectivity index (χ0v) is 8.70. The lowest BCUT2D eigenvalue weighted by Gasteiger charge is -1.99. The minimum absolute atomic E-state index is 0.963. The first kappa shape index (κ1) is 8.11. The van der Waals surface area contributed by atoms with Crippen molar-refractivity contribution < 1.29 is 0 Å². The average Bonchev–Trinajstić information content (AvgIpc) is 2.91. The van der Waals surface area contributed by atoms with E-state index in [4.69, 9.17) is 0 Å². The Morgan fingerprint density at radius 1 is 1.00 bits per heavy atom. The van der Waals surface area contributed by atoms with Crippen molar-refractivity contribution in [3.63, 3.8) is 0 Å². The molecule has 76 valence electrons. The van der Waals surface area contributed by atoms with Crippen molar-refractivity contribution >= 4 is 33.7 Å². The van der Waals surface area contributed by atoms with Crippen LogP contribution in [0, 0.1) is 0 Å². The van der Waals surface area contributed by atoms with E-state index in [1.165, 1.54) is 27.4 Å². The third kappa shape index (κ3) is 0.890. The van der Waals surface area contributed by atoms with Gasteiger partial charge in [-0.05, 0) is 17.7 Å². The van der Waals surface area contributed by atoms with Crippen LogP contribution in [0.25, 0.3) is 21.8 Å². The predicted molar refractivity (Wildman–Crippen MR) is 67.7 cm³/mol. The highest BCUT2D eigenvalue weighted by Crippen LogP contribution is 2.37. The molecule has 2 heterocycles. The zero-order valence-electron chi connectivity index (χ0n) is 8.70. The van der Waals surface area contributed by atoms with Crippen molar-refractivity contribution in [2.24, 2.45) is 4.99 Å². The number of H-pyrrole nitrogens is 1. The normalized spacial score (nSPS) is 13.8. The molecule has 2 heteroatoms. The molecule has 0 fully saturated rings. The molecule has 0 spiro atoms. The van der Waals surface area contributed by atoms with Crippen molar-refractivity contribution in [2.75, 3.05) is 0 Å². The summed E-state index contributed by atoms with van der Waals surface area (Å²) in [6.45, 7) is 0. The molecule has 1 aliphatic heterocycles. The Morgan fingerprint density at radius 3 is 2.94 bits per heavy atom. The summed E-state index contributed by atoms with van der Waals surface area (Å²) in [5.74, 6) is 0. The fourth-order valence-corrected chi connectivity index (χ4v) is 2.51. The summed E-state index contributed by atoms with van der Waals surface area (Å²) < 4.78 is 0. The molecule has 1 aliphatic rings. The Bertz CT molecular complexity index is 735.